The van der Waals surface area contributed by atoms with Gasteiger partial charge in [0.1, 0.15) is 6.04 Å². The van der Waals surface area contributed by atoms with Crippen molar-refractivity contribution in [3.8, 4) is 0 Å². The van der Waals surface area contributed by atoms with Crippen LogP contribution in [0.4, 0.5) is 0 Å². The topological polar surface area (TPSA) is 55.8 Å². The zero-order chi connectivity index (χ0) is 12.8. The van der Waals surface area contributed by atoms with Gasteiger partial charge in [-0.3, -0.25) is 9.69 Å². The fraction of sp³-hybridized carbons (Fsp3) is 0.917. The molecule has 2 atom stereocenters. The molecule has 0 amide bonds. The minimum absolute atomic E-state index is 0.410. The van der Waals surface area contributed by atoms with Gasteiger partial charge in [-0.2, -0.15) is 0 Å². The summed E-state index contributed by atoms with van der Waals surface area (Å²) in [5.41, 5.74) is 0. The quantitative estimate of drug-likeness (QED) is 0.692. The molecule has 2 unspecified atom stereocenters. The molecule has 0 aliphatic carbocycles. The maximum atomic E-state index is 11.0. The fourth-order valence-electron chi connectivity index (χ4n) is 2.36. The van der Waals surface area contributed by atoms with E-state index in [0.717, 1.165) is 26.2 Å². The van der Waals surface area contributed by atoms with Crippen LogP contribution in [-0.2, 0) is 4.79 Å². The van der Waals surface area contributed by atoms with Crippen LogP contribution in [0.3, 0.4) is 0 Å². The average molecular weight is 243 g/mol. The lowest BCUT2D eigenvalue weighted by molar-refractivity contribution is -0.139. The van der Waals surface area contributed by atoms with Crippen LogP contribution in [0.25, 0.3) is 0 Å². The van der Waals surface area contributed by atoms with Crippen LogP contribution in [-0.4, -0.2) is 72.7 Å². The Kier molecular flexibility index (Phi) is 5.88. The number of carboxylic acid groups (broad SMARTS) is 1. The Balaban J connectivity index is 2.35. The molecule has 1 aliphatic rings. The van der Waals surface area contributed by atoms with E-state index >= 15 is 0 Å². The Hall–Kier alpha value is -0.650. The molecule has 1 fully saturated rings. The highest BCUT2D eigenvalue weighted by molar-refractivity contribution is 5.73. The van der Waals surface area contributed by atoms with Crippen LogP contribution < -0.4 is 5.32 Å². The Morgan fingerprint density at radius 1 is 1.53 bits per heavy atom. The van der Waals surface area contributed by atoms with Crippen molar-refractivity contribution in [1.29, 1.82) is 0 Å². The monoisotopic (exact) mass is 243 g/mol. The van der Waals surface area contributed by atoms with Crippen LogP contribution in [0, 0.1) is 0 Å². The number of piperazine rings is 1. The molecule has 0 spiro atoms. The van der Waals surface area contributed by atoms with E-state index in [9.17, 15) is 4.79 Å². The van der Waals surface area contributed by atoms with Gasteiger partial charge in [0, 0.05) is 32.2 Å². The molecule has 0 saturated carbocycles. The molecule has 100 valence electrons. The van der Waals surface area contributed by atoms with E-state index < -0.39 is 12.0 Å². The molecule has 2 N–H and O–H groups in total. The first-order valence-corrected chi connectivity index (χ1v) is 6.43. The Morgan fingerprint density at radius 3 is 2.76 bits per heavy atom. The number of nitrogens with one attached hydrogen (secondary N) is 1. The highest BCUT2D eigenvalue weighted by Crippen LogP contribution is 2.09. The van der Waals surface area contributed by atoms with Gasteiger partial charge in [0.25, 0.3) is 0 Å². The van der Waals surface area contributed by atoms with Crippen molar-refractivity contribution in [2.75, 3.05) is 39.8 Å². The maximum Gasteiger partial charge on any atom is 0.320 e. The predicted molar refractivity (Wildman–Crippen MR) is 68.2 cm³/mol. The van der Waals surface area contributed by atoms with Crippen molar-refractivity contribution in [1.82, 2.24) is 15.1 Å². The second-order valence-electron chi connectivity index (χ2n) is 4.88. The summed E-state index contributed by atoms with van der Waals surface area (Å²) in [4.78, 5) is 15.7. The van der Waals surface area contributed by atoms with Gasteiger partial charge in [-0.05, 0) is 26.9 Å². The normalized spacial score (nSPS) is 24.8. The molecule has 1 heterocycles. The van der Waals surface area contributed by atoms with Crippen molar-refractivity contribution >= 4 is 5.97 Å². The molecule has 0 radical (unpaired) electrons. The maximum absolute atomic E-state index is 11.0. The summed E-state index contributed by atoms with van der Waals surface area (Å²) < 4.78 is 0. The van der Waals surface area contributed by atoms with Crippen molar-refractivity contribution in [2.45, 2.75) is 32.4 Å². The summed E-state index contributed by atoms with van der Waals surface area (Å²) in [6.07, 6.45) is 0.678. The van der Waals surface area contributed by atoms with Crippen molar-refractivity contribution in [2.24, 2.45) is 0 Å². The molecule has 5 heteroatoms. The van der Waals surface area contributed by atoms with Gasteiger partial charge in [-0.25, -0.2) is 0 Å². The predicted octanol–water partition coefficient (Wildman–Crippen LogP) is 0.0751. The number of nitrogens with zero attached hydrogens (tertiary/aromatic N) is 2. The number of hydrogen-bond acceptors (Lipinski definition) is 4. The van der Waals surface area contributed by atoms with Crippen molar-refractivity contribution in [3.05, 3.63) is 0 Å². The van der Waals surface area contributed by atoms with E-state index in [4.69, 9.17) is 5.11 Å². The van der Waals surface area contributed by atoms with E-state index in [2.05, 4.69) is 29.1 Å². The van der Waals surface area contributed by atoms with Crippen LogP contribution in [0.1, 0.15) is 20.3 Å². The van der Waals surface area contributed by atoms with Gasteiger partial charge in [-0.1, -0.05) is 6.92 Å². The molecule has 0 aromatic carbocycles. The first-order valence-electron chi connectivity index (χ1n) is 6.43. The van der Waals surface area contributed by atoms with Crippen molar-refractivity contribution in [3.63, 3.8) is 0 Å². The van der Waals surface area contributed by atoms with Gasteiger partial charge in [0.15, 0.2) is 0 Å². The zero-order valence-corrected chi connectivity index (χ0v) is 11.1. The average Bonchev–Trinajstić information content (AvgIpc) is 2.25. The van der Waals surface area contributed by atoms with Gasteiger partial charge in [0.05, 0.1) is 0 Å². The SMILES string of the molecule is CCNC(CCN1CCN(C)CC1C)C(=O)O. The van der Waals surface area contributed by atoms with Crippen molar-refractivity contribution < 1.29 is 9.90 Å². The molecule has 1 saturated heterocycles. The summed E-state index contributed by atoms with van der Waals surface area (Å²) in [6, 6.07) is 0.108. The van der Waals surface area contributed by atoms with Crippen LogP contribution in [0.2, 0.25) is 0 Å². The third-order valence-corrected chi connectivity index (χ3v) is 3.42. The number of likely N-dealkylation sites (N-methyl/N-ethyl adjacent to an activating group) is 2. The molecule has 0 aromatic heterocycles. The van der Waals surface area contributed by atoms with E-state index in [1.54, 1.807) is 0 Å². The van der Waals surface area contributed by atoms with Gasteiger partial charge in [0.2, 0.25) is 0 Å². The summed E-state index contributed by atoms with van der Waals surface area (Å²) in [6.45, 7) is 8.89. The van der Waals surface area contributed by atoms with E-state index in [1.807, 2.05) is 6.92 Å². The summed E-state index contributed by atoms with van der Waals surface area (Å²) in [5, 5.41) is 12.1. The molecular formula is C12H25N3O2. The minimum Gasteiger partial charge on any atom is -0.480 e. The van der Waals surface area contributed by atoms with Crippen LogP contribution in [0.15, 0.2) is 0 Å². The van der Waals surface area contributed by atoms with E-state index in [0.29, 0.717) is 19.0 Å². The largest absolute Gasteiger partial charge is 0.480 e. The number of carboxylic acids is 1. The third kappa shape index (κ3) is 4.61. The lowest BCUT2D eigenvalue weighted by Crippen LogP contribution is -2.51. The fourth-order valence-corrected chi connectivity index (χ4v) is 2.36. The lowest BCUT2D eigenvalue weighted by atomic mass is 10.1. The van der Waals surface area contributed by atoms with E-state index in [-0.39, 0.29) is 0 Å². The van der Waals surface area contributed by atoms with Crippen LogP contribution >= 0.6 is 0 Å². The first-order chi connectivity index (χ1) is 8.04. The number of rotatable bonds is 6. The molecule has 17 heavy (non-hydrogen) atoms. The highest BCUT2D eigenvalue weighted by atomic mass is 16.4. The summed E-state index contributed by atoms with van der Waals surface area (Å²) >= 11 is 0. The first kappa shape index (κ1) is 14.4. The Bertz CT molecular complexity index is 248. The highest BCUT2D eigenvalue weighted by Gasteiger charge is 2.23. The third-order valence-electron chi connectivity index (χ3n) is 3.42. The molecule has 0 bridgehead atoms. The Labute approximate surface area is 104 Å². The number of hydrogen-bond donors (Lipinski definition) is 2. The van der Waals surface area contributed by atoms with Crippen LogP contribution in [0.5, 0.6) is 0 Å². The van der Waals surface area contributed by atoms with Gasteiger partial charge >= 0.3 is 5.97 Å². The second-order valence-corrected chi connectivity index (χ2v) is 4.88. The smallest absolute Gasteiger partial charge is 0.320 e. The van der Waals surface area contributed by atoms with Gasteiger partial charge in [-0.15, -0.1) is 0 Å². The number of carbonyl (C=O) groups is 1. The molecule has 5 nitrogen and oxygen atoms in total. The number of aliphatic carboxylic acids is 1. The molecule has 0 aromatic rings. The second kappa shape index (κ2) is 6.93. The molecule has 1 aliphatic heterocycles. The summed E-state index contributed by atoms with van der Waals surface area (Å²) in [5.74, 6) is -0.742. The molecule has 1 rings (SSSR count). The van der Waals surface area contributed by atoms with Gasteiger partial charge < -0.3 is 15.3 Å². The lowest BCUT2D eigenvalue weighted by Gasteiger charge is -2.38. The Morgan fingerprint density at radius 2 is 2.24 bits per heavy atom. The zero-order valence-electron chi connectivity index (χ0n) is 11.1. The molecular weight excluding hydrogens is 218 g/mol. The minimum atomic E-state index is -0.742. The standard InChI is InChI=1S/C12H25N3O2/c1-4-13-11(12(16)17)5-6-15-8-7-14(3)9-10(15)2/h10-11,13H,4-9H2,1-3H3,(H,16,17). The van der Waals surface area contributed by atoms with E-state index in [1.165, 1.54) is 0 Å². The summed E-state index contributed by atoms with van der Waals surface area (Å²) in [7, 11) is 2.13.